The molecule has 0 radical (unpaired) electrons. The molecule has 3 aromatic rings. The van der Waals surface area contributed by atoms with Crippen molar-refractivity contribution in [2.45, 2.75) is 18.6 Å². The minimum atomic E-state index is -4.47. The van der Waals surface area contributed by atoms with Gasteiger partial charge in [-0.3, -0.25) is 19.6 Å². The minimum Gasteiger partial charge on any atom is -0.349 e. The molecule has 1 aromatic heterocycles. The second-order valence-corrected chi connectivity index (χ2v) is 7.92. The average molecular weight is 471 g/mol. The highest BCUT2D eigenvalue weighted by atomic mass is 19.4. The Hall–Kier alpha value is -4.15. The second-order valence-electron chi connectivity index (χ2n) is 7.92. The van der Waals surface area contributed by atoms with Gasteiger partial charge in [-0.05, 0) is 41.8 Å². The Labute approximate surface area is 192 Å². The third-order valence-electron chi connectivity index (χ3n) is 5.68. The highest BCUT2D eigenvalue weighted by molar-refractivity contribution is 6.08. The largest absolute Gasteiger partial charge is 0.416 e. The Morgan fingerprint density at radius 2 is 1.79 bits per heavy atom. The van der Waals surface area contributed by atoms with Gasteiger partial charge in [0, 0.05) is 12.6 Å². The average Bonchev–Trinajstić information content (AvgIpc) is 3.28. The topological polar surface area (TPSA) is 105 Å². The monoisotopic (exact) mass is 471 g/mol. The zero-order chi connectivity index (χ0) is 24.7. The van der Waals surface area contributed by atoms with Gasteiger partial charge in [0.1, 0.15) is 0 Å². The number of aromatic nitrogens is 2. The van der Waals surface area contributed by atoms with Crippen LogP contribution in [0.15, 0.2) is 54.7 Å². The fraction of sp³-hybridized carbons (Fsp3) is 0.217. The molecule has 1 fully saturated rings. The van der Waals surface area contributed by atoms with E-state index >= 15 is 0 Å². The molecule has 0 spiro atoms. The van der Waals surface area contributed by atoms with Crippen molar-refractivity contribution in [3.63, 3.8) is 0 Å². The number of halogens is 3. The normalized spacial score (nSPS) is 17.9. The van der Waals surface area contributed by atoms with Crippen LogP contribution < -0.4 is 16.0 Å². The van der Waals surface area contributed by atoms with Crippen LogP contribution in [0.4, 0.5) is 18.0 Å². The van der Waals surface area contributed by atoms with Crippen molar-refractivity contribution < 1.29 is 27.6 Å². The van der Waals surface area contributed by atoms with Gasteiger partial charge in [0.25, 0.3) is 11.8 Å². The first-order valence-electron chi connectivity index (χ1n) is 10.2. The highest BCUT2D eigenvalue weighted by Crippen LogP contribution is 2.32. The molecule has 4 rings (SSSR count). The smallest absolute Gasteiger partial charge is 0.349 e. The van der Waals surface area contributed by atoms with Gasteiger partial charge in [-0.25, -0.2) is 4.79 Å². The Bertz CT molecular complexity index is 1260. The van der Waals surface area contributed by atoms with Gasteiger partial charge in [0.05, 0.1) is 24.0 Å². The van der Waals surface area contributed by atoms with E-state index in [1.165, 1.54) is 29.1 Å². The van der Waals surface area contributed by atoms with E-state index in [0.717, 1.165) is 12.1 Å². The quantitative estimate of drug-likeness (QED) is 0.498. The zero-order valence-corrected chi connectivity index (χ0v) is 18.2. The first kappa shape index (κ1) is 23.0. The summed E-state index contributed by atoms with van der Waals surface area (Å²) in [6.45, 7) is 1.45. The van der Waals surface area contributed by atoms with Gasteiger partial charge in [-0.1, -0.05) is 30.3 Å². The van der Waals surface area contributed by atoms with Crippen molar-refractivity contribution in [2.75, 3.05) is 6.54 Å². The lowest BCUT2D eigenvalue weighted by molar-refractivity contribution is -0.137. The van der Waals surface area contributed by atoms with Gasteiger partial charge in [-0.2, -0.15) is 18.3 Å². The standard InChI is InChI=1S/C23H20F3N5O3/c1-13-11-28-31(2)18(13)22(20(33)29-21(34)30-22)12-27-19(32)17-6-4-3-5-16(17)14-7-9-15(10-8-14)23(24,25)26/h3-11H,12H2,1-2H3,(H,27,32)(H2,29,30,33,34). The molecule has 0 saturated carbocycles. The summed E-state index contributed by atoms with van der Waals surface area (Å²) >= 11 is 0. The molecule has 1 aliphatic rings. The summed E-state index contributed by atoms with van der Waals surface area (Å²) in [4.78, 5) is 37.9. The van der Waals surface area contributed by atoms with Crippen LogP contribution in [0.3, 0.4) is 0 Å². The molecular weight excluding hydrogens is 451 g/mol. The lowest BCUT2D eigenvalue weighted by Gasteiger charge is -2.27. The van der Waals surface area contributed by atoms with Crippen LogP contribution >= 0.6 is 0 Å². The summed E-state index contributed by atoms with van der Waals surface area (Å²) in [6.07, 6.45) is -2.93. The molecular formula is C23H20F3N5O3. The number of imide groups is 1. The number of hydrogen-bond acceptors (Lipinski definition) is 4. The van der Waals surface area contributed by atoms with Crippen molar-refractivity contribution in [2.24, 2.45) is 7.05 Å². The van der Waals surface area contributed by atoms with Gasteiger partial charge in [0.2, 0.25) is 0 Å². The number of alkyl halides is 3. The molecule has 34 heavy (non-hydrogen) atoms. The molecule has 1 saturated heterocycles. The summed E-state index contributed by atoms with van der Waals surface area (Å²) < 4.78 is 40.2. The van der Waals surface area contributed by atoms with Crippen LogP contribution in [0.2, 0.25) is 0 Å². The Morgan fingerprint density at radius 1 is 1.12 bits per heavy atom. The SMILES string of the molecule is Cc1cnn(C)c1C1(CNC(=O)c2ccccc2-c2ccc(C(F)(F)F)cc2)NC(=O)NC1=O. The Morgan fingerprint density at radius 3 is 2.35 bits per heavy atom. The number of benzene rings is 2. The number of nitrogens with zero attached hydrogens (tertiary/aromatic N) is 2. The zero-order valence-electron chi connectivity index (χ0n) is 18.2. The van der Waals surface area contributed by atoms with E-state index in [1.807, 2.05) is 0 Å². The maximum absolute atomic E-state index is 13.1. The van der Waals surface area contributed by atoms with Gasteiger partial charge < -0.3 is 10.6 Å². The molecule has 11 heteroatoms. The third-order valence-corrected chi connectivity index (χ3v) is 5.68. The summed E-state index contributed by atoms with van der Waals surface area (Å²) in [5, 5.41) is 11.6. The third kappa shape index (κ3) is 4.00. The molecule has 0 aliphatic carbocycles. The number of nitrogens with one attached hydrogen (secondary N) is 3. The lowest BCUT2D eigenvalue weighted by atomic mass is 9.92. The number of carbonyl (C=O) groups excluding carboxylic acids is 3. The predicted octanol–water partition coefficient (Wildman–Crippen LogP) is 2.88. The first-order valence-corrected chi connectivity index (χ1v) is 10.2. The number of aryl methyl sites for hydroxylation is 2. The number of carbonyl (C=O) groups is 3. The Balaban J connectivity index is 1.64. The van der Waals surface area contributed by atoms with E-state index in [1.54, 1.807) is 32.2 Å². The highest BCUT2D eigenvalue weighted by Gasteiger charge is 2.50. The molecule has 2 heterocycles. The van der Waals surface area contributed by atoms with E-state index in [2.05, 4.69) is 21.0 Å². The second kappa shape index (κ2) is 8.32. The summed E-state index contributed by atoms with van der Waals surface area (Å²) in [7, 11) is 1.61. The number of rotatable bonds is 5. The molecule has 1 atom stereocenters. The summed E-state index contributed by atoms with van der Waals surface area (Å²) in [5.41, 5.74) is -0.294. The minimum absolute atomic E-state index is 0.198. The van der Waals surface area contributed by atoms with Crippen LogP contribution in [0, 0.1) is 6.92 Å². The maximum atomic E-state index is 13.1. The van der Waals surface area contributed by atoms with E-state index in [-0.39, 0.29) is 12.1 Å². The van der Waals surface area contributed by atoms with Crippen molar-refractivity contribution >= 4 is 17.8 Å². The van der Waals surface area contributed by atoms with E-state index in [9.17, 15) is 27.6 Å². The van der Waals surface area contributed by atoms with Crippen LogP contribution in [0.1, 0.15) is 27.2 Å². The summed E-state index contributed by atoms with van der Waals surface area (Å²) in [5.74, 6) is -1.20. The number of hydrogen-bond donors (Lipinski definition) is 3. The first-order chi connectivity index (χ1) is 16.0. The fourth-order valence-electron chi connectivity index (χ4n) is 4.11. The van der Waals surface area contributed by atoms with Crippen molar-refractivity contribution in [1.29, 1.82) is 0 Å². The predicted molar refractivity (Wildman–Crippen MR) is 116 cm³/mol. The lowest BCUT2D eigenvalue weighted by Crippen LogP contribution is -2.54. The van der Waals surface area contributed by atoms with Gasteiger partial charge in [0.15, 0.2) is 5.54 Å². The molecule has 1 aliphatic heterocycles. The molecule has 8 nitrogen and oxygen atoms in total. The fourth-order valence-corrected chi connectivity index (χ4v) is 4.11. The van der Waals surface area contributed by atoms with Gasteiger partial charge >= 0.3 is 12.2 Å². The summed E-state index contributed by atoms with van der Waals surface area (Å²) in [6, 6.07) is 10.2. The molecule has 4 amide bonds. The van der Waals surface area contributed by atoms with Crippen molar-refractivity contribution in [3.8, 4) is 11.1 Å². The molecule has 176 valence electrons. The molecule has 2 aromatic carbocycles. The van der Waals surface area contributed by atoms with Crippen molar-refractivity contribution in [3.05, 3.63) is 77.1 Å². The van der Waals surface area contributed by atoms with E-state index in [0.29, 0.717) is 22.4 Å². The van der Waals surface area contributed by atoms with Crippen molar-refractivity contribution in [1.82, 2.24) is 25.7 Å². The van der Waals surface area contributed by atoms with Crippen LogP contribution in [-0.2, 0) is 23.6 Å². The molecule has 3 N–H and O–H groups in total. The number of amides is 4. The van der Waals surface area contributed by atoms with Crippen LogP contribution in [-0.4, -0.2) is 34.2 Å². The molecule has 0 bridgehead atoms. The van der Waals surface area contributed by atoms with E-state index in [4.69, 9.17) is 0 Å². The maximum Gasteiger partial charge on any atom is 0.416 e. The number of urea groups is 1. The molecule has 1 unspecified atom stereocenters. The Kier molecular flexibility index (Phi) is 5.64. The van der Waals surface area contributed by atoms with Gasteiger partial charge in [-0.15, -0.1) is 0 Å². The van der Waals surface area contributed by atoms with Crippen LogP contribution in [0.5, 0.6) is 0 Å². The van der Waals surface area contributed by atoms with E-state index < -0.39 is 35.1 Å². The van der Waals surface area contributed by atoms with Crippen LogP contribution in [0.25, 0.3) is 11.1 Å².